The Morgan fingerprint density at radius 1 is 1.29 bits per heavy atom. The number of esters is 1. The highest BCUT2D eigenvalue weighted by molar-refractivity contribution is 5.82. The van der Waals surface area contributed by atoms with E-state index in [0.717, 1.165) is 0 Å². The van der Waals surface area contributed by atoms with Crippen molar-refractivity contribution in [1.82, 2.24) is 0 Å². The fourth-order valence-electron chi connectivity index (χ4n) is 1.50. The second-order valence-corrected chi connectivity index (χ2v) is 5.27. The highest BCUT2D eigenvalue weighted by atomic mass is 16.6. The molecule has 0 aliphatic heterocycles. The molecular formula is C16H20O5. The quantitative estimate of drug-likeness (QED) is 0.458. The van der Waals surface area contributed by atoms with Gasteiger partial charge in [-0.1, -0.05) is 0 Å². The summed E-state index contributed by atoms with van der Waals surface area (Å²) in [5.74, 6) is 0.574. The van der Waals surface area contributed by atoms with Crippen LogP contribution in [-0.2, 0) is 9.53 Å². The monoisotopic (exact) mass is 292 g/mol. The molecule has 5 nitrogen and oxygen atoms in total. The van der Waals surface area contributed by atoms with Crippen LogP contribution in [0.3, 0.4) is 0 Å². The topological polar surface area (TPSA) is 61.8 Å². The molecule has 0 atom stereocenters. The van der Waals surface area contributed by atoms with E-state index < -0.39 is 11.6 Å². The normalized spacial score (nSPS) is 11.2. The minimum Gasteiger partial charge on any atom is -0.497 e. The van der Waals surface area contributed by atoms with Gasteiger partial charge in [0.15, 0.2) is 6.29 Å². The zero-order chi connectivity index (χ0) is 15.9. The number of aldehydes is 1. The Morgan fingerprint density at radius 2 is 2.00 bits per heavy atom. The molecular weight excluding hydrogens is 272 g/mol. The zero-order valence-corrected chi connectivity index (χ0v) is 12.7. The highest BCUT2D eigenvalue weighted by Crippen LogP contribution is 2.22. The van der Waals surface area contributed by atoms with Crippen LogP contribution in [0.2, 0.25) is 0 Å². The molecule has 0 bridgehead atoms. The average Bonchev–Trinajstić information content (AvgIpc) is 2.41. The Balaban J connectivity index is 2.56. The smallest absolute Gasteiger partial charge is 0.331 e. The van der Waals surface area contributed by atoms with Crippen LogP contribution in [0.5, 0.6) is 11.5 Å². The van der Waals surface area contributed by atoms with Crippen LogP contribution >= 0.6 is 0 Å². The van der Waals surface area contributed by atoms with Crippen molar-refractivity contribution in [1.29, 1.82) is 0 Å². The predicted octanol–water partition coefficient (Wildman–Crippen LogP) is 2.78. The fraction of sp³-hybridized carbons (Fsp3) is 0.375. The molecule has 1 aromatic carbocycles. The third kappa shape index (κ3) is 6.12. The van der Waals surface area contributed by atoms with E-state index in [9.17, 15) is 9.59 Å². The second-order valence-electron chi connectivity index (χ2n) is 5.27. The van der Waals surface area contributed by atoms with E-state index in [2.05, 4.69) is 0 Å². The maximum atomic E-state index is 11.4. The number of hydrogen-bond donors (Lipinski definition) is 0. The van der Waals surface area contributed by atoms with Crippen molar-refractivity contribution in [2.24, 2.45) is 0 Å². The highest BCUT2D eigenvalue weighted by Gasteiger charge is 2.13. The Hall–Kier alpha value is -2.30. The lowest BCUT2D eigenvalue weighted by Gasteiger charge is -2.17. The minimum atomic E-state index is -0.525. The molecule has 0 heterocycles. The van der Waals surface area contributed by atoms with Crippen molar-refractivity contribution in [3.63, 3.8) is 0 Å². The van der Waals surface area contributed by atoms with Gasteiger partial charge < -0.3 is 14.2 Å². The summed E-state index contributed by atoms with van der Waals surface area (Å²) in [6.07, 6.45) is 3.53. The van der Waals surface area contributed by atoms with Crippen LogP contribution in [-0.4, -0.2) is 31.6 Å². The van der Waals surface area contributed by atoms with Crippen LogP contribution in [0, 0.1) is 0 Å². The van der Waals surface area contributed by atoms with Crippen LogP contribution in [0.15, 0.2) is 30.4 Å². The van der Waals surface area contributed by atoms with Crippen molar-refractivity contribution in [2.75, 3.05) is 13.7 Å². The third-order valence-electron chi connectivity index (χ3n) is 2.34. The van der Waals surface area contributed by atoms with Gasteiger partial charge in [-0.2, -0.15) is 0 Å². The molecule has 0 aliphatic rings. The number of ether oxygens (including phenoxy) is 3. The molecule has 0 saturated carbocycles. The lowest BCUT2D eigenvalue weighted by molar-refractivity contribution is -0.148. The second kappa shape index (κ2) is 7.47. The summed E-state index contributed by atoms with van der Waals surface area (Å²) in [5.41, 5.74) is -0.136. The molecule has 0 aliphatic carbocycles. The van der Waals surface area contributed by atoms with Crippen LogP contribution in [0.1, 0.15) is 31.1 Å². The number of carbonyl (C=O) groups excluding carboxylic acids is 2. The van der Waals surface area contributed by atoms with Gasteiger partial charge in [-0.05, 0) is 45.0 Å². The lowest BCUT2D eigenvalue weighted by atomic mass is 10.2. The minimum absolute atomic E-state index is 0.159. The van der Waals surface area contributed by atoms with Gasteiger partial charge in [0, 0.05) is 6.08 Å². The summed E-state index contributed by atoms with van der Waals surface area (Å²) in [4.78, 5) is 22.4. The first-order valence-electron chi connectivity index (χ1n) is 6.51. The molecule has 0 unspecified atom stereocenters. The van der Waals surface area contributed by atoms with Crippen molar-refractivity contribution in [3.8, 4) is 11.5 Å². The summed E-state index contributed by atoms with van der Waals surface area (Å²) in [6, 6.07) is 4.92. The summed E-state index contributed by atoms with van der Waals surface area (Å²) in [7, 11) is 1.52. The van der Waals surface area contributed by atoms with Crippen LogP contribution < -0.4 is 9.47 Å². The van der Waals surface area contributed by atoms with Gasteiger partial charge >= 0.3 is 5.97 Å². The summed E-state index contributed by atoms with van der Waals surface area (Å²) < 4.78 is 15.6. The molecule has 0 fully saturated rings. The third-order valence-corrected chi connectivity index (χ3v) is 2.34. The van der Waals surface area contributed by atoms with Gasteiger partial charge in [0.2, 0.25) is 0 Å². The average molecular weight is 292 g/mol. The van der Waals surface area contributed by atoms with Gasteiger partial charge in [0.25, 0.3) is 0 Å². The van der Waals surface area contributed by atoms with E-state index in [1.807, 2.05) is 0 Å². The standard InChI is InChI=1S/C16H20O5/c1-16(2,3)21-15(18)6-5-9-20-14-8-7-13(19-4)10-12(14)11-17/h5-8,10-11H,9H2,1-4H3/b6-5+. The molecule has 0 spiro atoms. The first kappa shape index (κ1) is 16.8. The molecule has 5 heteroatoms. The molecule has 1 rings (SSSR count). The molecule has 1 aromatic rings. The van der Waals surface area contributed by atoms with E-state index in [0.29, 0.717) is 23.3 Å². The van der Waals surface area contributed by atoms with Gasteiger partial charge in [0.1, 0.15) is 23.7 Å². The van der Waals surface area contributed by atoms with Crippen molar-refractivity contribution in [3.05, 3.63) is 35.9 Å². The van der Waals surface area contributed by atoms with E-state index in [-0.39, 0.29) is 6.61 Å². The molecule has 0 amide bonds. The van der Waals surface area contributed by atoms with Gasteiger partial charge in [-0.15, -0.1) is 0 Å². The van der Waals surface area contributed by atoms with Crippen molar-refractivity contribution >= 4 is 12.3 Å². The first-order valence-corrected chi connectivity index (χ1v) is 6.51. The van der Waals surface area contributed by atoms with Gasteiger partial charge in [-0.25, -0.2) is 4.79 Å². The summed E-state index contributed by atoms with van der Waals surface area (Å²) in [6.45, 7) is 5.54. The maximum absolute atomic E-state index is 11.4. The van der Waals surface area contributed by atoms with Crippen LogP contribution in [0.25, 0.3) is 0 Å². The van der Waals surface area contributed by atoms with Crippen LogP contribution in [0.4, 0.5) is 0 Å². The number of rotatable bonds is 6. The molecule has 21 heavy (non-hydrogen) atoms. The van der Waals surface area contributed by atoms with E-state index in [1.54, 1.807) is 39.0 Å². The number of methoxy groups -OCH3 is 1. The lowest BCUT2D eigenvalue weighted by Crippen LogP contribution is -2.22. The first-order chi connectivity index (χ1) is 9.85. The number of benzene rings is 1. The van der Waals surface area contributed by atoms with E-state index in [4.69, 9.17) is 14.2 Å². The summed E-state index contributed by atoms with van der Waals surface area (Å²) >= 11 is 0. The molecule has 0 radical (unpaired) electrons. The Labute approximate surface area is 124 Å². The van der Waals surface area contributed by atoms with Gasteiger partial charge in [0.05, 0.1) is 12.7 Å². The number of hydrogen-bond acceptors (Lipinski definition) is 5. The van der Waals surface area contributed by atoms with Gasteiger partial charge in [-0.3, -0.25) is 4.79 Å². The molecule has 0 aromatic heterocycles. The maximum Gasteiger partial charge on any atom is 0.331 e. The SMILES string of the molecule is COc1ccc(OC/C=C/C(=O)OC(C)(C)C)c(C=O)c1. The zero-order valence-electron chi connectivity index (χ0n) is 12.7. The Kier molecular flexibility index (Phi) is 5.96. The molecule has 0 N–H and O–H groups in total. The Morgan fingerprint density at radius 3 is 2.57 bits per heavy atom. The molecule has 114 valence electrons. The predicted molar refractivity (Wildman–Crippen MR) is 78.9 cm³/mol. The van der Waals surface area contributed by atoms with Crippen molar-refractivity contribution in [2.45, 2.75) is 26.4 Å². The molecule has 0 saturated heterocycles. The van der Waals surface area contributed by atoms with E-state index >= 15 is 0 Å². The summed E-state index contributed by atoms with van der Waals surface area (Å²) in [5, 5.41) is 0. The van der Waals surface area contributed by atoms with E-state index in [1.165, 1.54) is 19.3 Å². The Bertz CT molecular complexity index is 526. The fourth-order valence-corrected chi connectivity index (χ4v) is 1.50. The number of carbonyl (C=O) groups is 2. The largest absolute Gasteiger partial charge is 0.497 e. The van der Waals surface area contributed by atoms with Crippen molar-refractivity contribution < 1.29 is 23.8 Å².